The van der Waals surface area contributed by atoms with Gasteiger partial charge in [0.15, 0.2) is 0 Å². The van der Waals surface area contributed by atoms with E-state index in [0.29, 0.717) is 63.1 Å². The van der Waals surface area contributed by atoms with Crippen LogP contribution in [0, 0.1) is 0 Å². The summed E-state index contributed by atoms with van der Waals surface area (Å²) in [6.45, 7) is 23.9. The lowest BCUT2D eigenvalue weighted by atomic mass is 9.95. The molecular weight excluding hydrogens is 1050 g/mol. The predicted molar refractivity (Wildman–Crippen MR) is 285 cm³/mol. The van der Waals surface area contributed by atoms with Gasteiger partial charge in [0.25, 0.3) is 0 Å². The van der Waals surface area contributed by atoms with E-state index in [4.69, 9.17) is 0 Å². The number of carboxylic acid groups (broad SMARTS) is 2. The van der Waals surface area contributed by atoms with Crippen molar-refractivity contribution in [2.45, 2.75) is 129 Å². The van der Waals surface area contributed by atoms with Gasteiger partial charge >= 0.3 is 23.7 Å². The number of rotatable bonds is 16. The third kappa shape index (κ3) is 19.0. The van der Waals surface area contributed by atoms with Gasteiger partial charge in [0, 0.05) is 74.6 Å². The zero-order valence-corrected chi connectivity index (χ0v) is 46.7. The zero-order chi connectivity index (χ0) is 58.4. The second kappa shape index (κ2) is 27.6. The number of unbranched alkanes of at least 4 members (excludes halogenated alkanes) is 2. The van der Waals surface area contributed by atoms with Gasteiger partial charge in [-0.05, 0) is 75.7 Å². The maximum absolute atomic E-state index is 13.4. The zero-order valence-electron chi connectivity index (χ0n) is 46.7. The molecule has 0 atom stereocenters. The molecule has 8 heterocycles. The molecule has 80 heavy (non-hydrogen) atoms. The fourth-order valence-electron chi connectivity index (χ4n) is 9.63. The van der Waals surface area contributed by atoms with Crippen LogP contribution in [0.15, 0.2) is 58.4 Å². The van der Waals surface area contributed by atoms with Crippen molar-refractivity contribution >= 4 is 35.2 Å². The topological polar surface area (TPSA) is 223 Å². The molecule has 440 valence electrons. The second-order valence-corrected chi connectivity index (χ2v) is 22.6. The molecule has 8 rings (SSSR count). The van der Waals surface area contributed by atoms with Crippen LogP contribution in [0.1, 0.15) is 116 Å². The van der Waals surface area contributed by atoms with E-state index in [0.717, 1.165) is 141 Å². The first kappa shape index (κ1) is 62.5. The van der Waals surface area contributed by atoms with E-state index < -0.39 is 46.5 Å². The molecule has 4 aliphatic heterocycles. The van der Waals surface area contributed by atoms with Crippen molar-refractivity contribution in [3.8, 4) is 0 Å². The Morgan fingerprint density at radius 2 is 0.825 bits per heavy atom. The average Bonchev–Trinajstić information content (AvgIpc) is 4.16. The molecule has 0 amide bonds. The Morgan fingerprint density at radius 1 is 0.500 bits per heavy atom. The second-order valence-electron chi connectivity index (χ2n) is 22.6. The number of quaternary nitrogens is 2. The smallest absolute Gasteiger partial charge is 0.433 e. The van der Waals surface area contributed by atoms with Crippen LogP contribution in [0.25, 0.3) is 0 Å². The van der Waals surface area contributed by atoms with E-state index in [-0.39, 0.29) is 23.0 Å². The van der Waals surface area contributed by atoms with Crippen molar-refractivity contribution in [1.29, 1.82) is 0 Å². The maximum atomic E-state index is 13.4. The highest BCUT2D eigenvalue weighted by Gasteiger charge is 2.38. The maximum Gasteiger partial charge on any atom is 0.433 e. The van der Waals surface area contributed by atoms with E-state index in [1.165, 1.54) is 9.80 Å². The summed E-state index contributed by atoms with van der Waals surface area (Å²) in [6, 6.07) is 6.00. The molecule has 2 N–H and O–H groups in total. The van der Waals surface area contributed by atoms with Gasteiger partial charge in [-0.15, -0.1) is 0 Å². The third-order valence-corrected chi connectivity index (χ3v) is 14.2. The first-order valence-corrected chi connectivity index (χ1v) is 27.5. The van der Waals surface area contributed by atoms with Gasteiger partial charge in [0.1, 0.15) is 46.3 Å². The molecule has 4 saturated heterocycles. The van der Waals surface area contributed by atoms with Gasteiger partial charge in [0.05, 0.1) is 77.4 Å². The average molecular weight is 1130 g/mol. The summed E-state index contributed by atoms with van der Waals surface area (Å²) in [5.41, 5.74) is -3.31. The number of carbonyl (C=O) groups excluding carboxylic acids is 2. The summed E-state index contributed by atoms with van der Waals surface area (Å²) in [5, 5.41) is 18.8. The van der Waals surface area contributed by atoms with Gasteiger partial charge in [-0.1, -0.05) is 41.5 Å². The largest absolute Gasteiger partial charge is 0.545 e. The molecule has 0 bridgehead atoms. The SMILES string of the molecule is CC(C)(C)c1nc(N2CC[NH+](CCCCn3ccc(N4CCCC4)nc3=O)CC2)cc(C(F)(F)F)n1.CC(C)(C)c1nc(N2CC[NH+](CCCCn3ccc(N4CCCC4)nc3=O)CC2)cc(C(F)(F)F)n1.O=C([O-])/C=C/C(=O)[O-]. The molecule has 4 aliphatic rings. The molecule has 0 saturated carbocycles. The minimum atomic E-state index is -4.50. The summed E-state index contributed by atoms with van der Waals surface area (Å²) in [4.78, 5) is 79.6. The Hall–Kier alpha value is -6.70. The lowest BCUT2D eigenvalue weighted by molar-refractivity contribution is -0.900. The Balaban J connectivity index is 0.000000227. The van der Waals surface area contributed by atoms with Crippen LogP contribution in [-0.4, -0.2) is 143 Å². The number of aryl methyl sites for hydroxylation is 2. The van der Waals surface area contributed by atoms with Crippen LogP contribution < -0.4 is 51.0 Å². The van der Waals surface area contributed by atoms with E-state index >= 15 is 0 Å². The molecule has 4 aromatic heterocycles. The molecule has 0 radical (unpaired) electrons. The molecule has 4 aromatic rings. The fraction of sp³-hybridized carbons (Fsp3) is 0.630. The first-order valence-electron chi connectivity index (χ1n) is 27.5. The van der Waals surface area contributed by atoms with Gasteiger partial charge in [-0.25, -0.2) is 29.5 Å². The number of nitrogens with one attached hydrogen (secondary N) is 2. The van der Waals surface area contributed by atoms with Gasteiger partial charge in [-0.2, -0.15) is 36.3 Å². The number of nitrogens with zero attached hydrogens (tertiary/aromatic N) is 12. The molecule has 4 fully saturated rings. The monoisotopic (exact) mass is 1130 g/mol. The summed E-state index contributed by atoms with van der Waals surface area (Å²) < 4.78 is 84.0. The van der Waals surface area contributed by atoms with Crippen molar-refractivity contribution in [3.05, 3.63) is 92.8 Å². The Kier molecular flexibility index (Phi) is 21.6. The van der Waals surface area contributed by atoms with Gasteiger partial charge < -0.3 is 49.2 Å². The van der Waals surface area contributed by atoms with E-state index in [1.54, 1.807) is 9.13 Å². The first-order chi connectivity index (χ1) is 37.6. The summed E-state index contributed by atoms with van der Waals surface area (Å²) in [6.07, 6.45) is 3.74. The van der Waals surface area contributed by atoms with Crippen LogP contribution in [0.4, 0.5) is 49.6 Å². The summed E-state index contributed by atoms with van der Waals surface area (Å²) >= 11 is 0. The Morgan fingerprint density at radius 3 is 1.11 bits per heavy atom. The van der Waals surface area contributed by atoms with E-state index in [1.807, 2.05) is 75.9 Å². The molecule has 0 aliphatic carbocycles. The van der Waals surface area contributed by atoms with Gasteiger partial charge in [-0.3, -0.25) is 9.13 Å². The molecule has 0 aromatic carbocycles. The van der Waals surface area contributed by atoms with Crippen molar-refractivity contribution in [3.63, 3.8) is 0 Å². The summed E-state index contributed by atoms with van der Waals surface area (Å²) in [7, 11) is 0. The van der Waals surface area contributed by atoms with Crippen LogP contribution in [0.3, 0.4) is 0 Å². The highest BCUT2D eigenvalue weighted by Crippen LogP contribution is 2.34. The number of alkyl halides is 6. The standard InChI is InChI=1S/2C25H36F3N7O.C4H4O4/c2*1-24(2,3)22-29-19(25(26,27)28)18-21(30-22)34-16-14-32(15-17-34)9-4-5-12-35-13-8-20(31-23(35)36)33-10-6-7-11-33;5-3(6)1-2-4(7)8/h2*8,13,18H,4-7,9-12,14-17H2,1-3H3;1-2H,(H,5,6)(H,7,8)/b;;2-1+. The number of hydrogen-bond acceptors (Lipinski definition) is 16. The molecular formula is C54H76F6N14O6. The van der Waals surface area contributed by atoms with Crippen molar-refractivity contribution in [2.24, 2.45) is 0 Å². The highest BCUT2D eigenvalue weighted by atomic mass is 19.4. The van der Waals surface area contributed by atoms with Crippen LogP contribution in [0.2, 0.25) is 0 Å². The van der Waals surface area contributed by atoms with Crippen molar-refractivity contribution < 1.29 is 55.9 Å². The minimum absolute atomic E-state index is 0.196. The van der Waals surface area contributed by atoms with Crippen molar-refractivity contribution in [2.75, 3.05) is 111 Å². The normalized spacial score (nSPS) is 16.9. The molecule has 26 heteroatoms. The molecule has 20 nitrogen and oxygen atoms in total. The number of aromatic nitrogens is 8. The number of carboxylic acids is 2. The highest BCUT2D eigenvalue weighted by molar-refractivity contribution is 5.87. The number of aliphatic carboxylic acids is 2. The molecule has 0 unspecified atom stereocenters. The van der Waals surface area contributed by atoms with Crippen LogP contribution in [-0.2, 0) is 45.9 Å². The van der Waals surface area contributed by atoms with Crippen LogP contribution >= 0.6 is 0 Å². The minimum Gasteiger partial charge on any atom is -0.545 e. The number of halogens is 6. The predicted octanol–water partition coefficient (Wildman–Crippen LogP) is 1.31. The van der Waals surface area contributed by atoms with E-state index in [9.17, 15) is 55.7 Å². The Labute approximate surface area is 462 Å². The third-order valence-electron chi connectivity index (χ3n) is 14.2. The quantitative estimate of drug-likeness (QED) is 0.0918. The number of hydrogen-bond donors (Lipinski definition) is 2. The fourth-order valence-corrected chi connectivity index (χ4v) is 9.63. The number of carbonyl (C=O) groups is 2. The molecule has 0 spiro atoms. The lowest BCUT2D eigenvalue weighted by Gasteiger charge is -2.33. The number of anilines is 4. The van der Waals surface area contributed by atoms with Crippen LogP contribution in [0.5, 0.6) is 0 Å². The van der Waals surface area contributed by atoms with Gasteiger partial charge in [0.2, 0.25) is 0 Å². The van der Waals surface area contributed by atoms with Crippen molar-refractivity contribution in [1.82, 2.24) is 39.0 Å². The van der Waals surface area contributed by atoms with E-state index in [2.05, 4.69) is 39.7 Å². The number of piperazine rings is 2. The Bertz CT molecular complexity index is 2570. The lowest BCUT2D eigenvalue weighted by Crippen LogP contribution is -3.14. The summed E-state index contributed by atoms with van der Waals surface area (Å²) in [5.74, 6) is -0.423.